The predicted octanol–water partition coefficient (Wildman–Crippen LogP) is 2.85. The normalized spacial score (nSPS) is 33.0. The van der Waals surface area contributed by atoms with Gasteiger partial charge in [-0.25, -0.2) is 0 Å². The third-order valence-electron chi connectivity index (χ3n) is 3.76. The van der Waals surface area contributed by atoms with Crippen molar-refractivity contribution in [1.29, 1.82) is 0 Å². The lowest BCUT2D eigenvalue weighted by Gasteiger charge is -2.41. The minimum atomic E-state index is -0.135. The molecule has 3 atom stereocenters. The molecule has 0 radical (unpaired) electrons. The van der Waals surface area contributed by atoms with Crippen LogP contribution in [0.15, 0.2) is 0 Å². The zero-order valence-electron chi connectivity index (χ0n) is 10.6. The van der Waals surface area contributed by atoms with Crippen LogP contribution in [0, 0.1) is 17.3 Å². The minimum absolute atomic E-state index is 0.107. The maximum absolute atomic E-state index is 10.1. The van der Waals surface area contributed by atoms with Crippen molar-refractivity contribution in [3.05, 3.63) is 0 Å². The van der Waals surface area contributed by atoms with Crippen molar-refractivity contribution in [3.63, 3.8) is 0 Å². The molecule has 0 amide bonds. The molecule has 3 unspecified atom stereocenters. The molecule has 15 heavy (non-hydrogen) atoms. The van der Waals surface area contributed by atoms with E-state index in [2.05, 4.69) is 20.8 Å². The number of aliphatic hydroxyl groups is 1. The molecule has 0 aromatic rings. The van der Waals surface area contributed by atoms with E-state index in [1.165, 1.54) is 6.42 Å². The van der Waals surface area contributed by atoms with Crippen LogP contribution in [0.5, 0.6) is 0 Å². The van der Waals surface area contributed by atoms with Gasteiger partial charge in [0.15, 0.2) is 0 Å². The lowest BCUT2D eigenvalue weighted by atomic mass is 9.68. The highest BCUT2D eigenvalue weighted by Crippen LogP contribution is 2.40. The van der Waals surface area contributed by atoms with Gasteiger partial charge in [0, 0.05) is 6.61 Å². The molecule has 90 valence electrons. The van der Waals surface area contributed by atoms with Gasteiger partial charge in [-0.1, -0.05) is 27.2 Å². The Kier molecular flexibility index (Phi) is 4.60. The molecular weight excluding hydrogens is 188 g/mol. The summed E-state index contributed by atoms with van der Waals surface area (Å²) in [6.45, 7) is 10.2. The molecule has 0 aromatic carbocycles. The van der Waals surface area contributed by atoms with Gasteiger partial charge in [-0.3, -0.25) is 0 Å². The van der Waals surface area contributed by atoms with Crippen LogP contribution in [0.3, 0.4) is 0 Å². The first-order chi connectivity index (χ1) is 6.97. The Morgan fingerprint density at radius 2 is 2.00 bits per heavy atom. The number of hydrogen-bond acceptors (Lipinski definition) is 2. The fourth-order valence-corrected chi connectivity index (χ4v) is 2.73. The van der Waals surface area contributed by atoms with Gasteiger partial charge in [0.1, 0.15) is 0 Å². The van der Waals surface area contributed by atoms with Gasteiger partial charge in [0.2, 0.25) is 0 Å². The van der Waals surface area contributed by atoms with Crippen LogP contribution in [-0.2, 0) is 4.74 Å². The van der Waals surface area contributed by atoms with E-state index in [0.717, 1.165) is 26.1 Å². The summed E-state index contributed by atoms with van der Waals surface area (Å²) in [7, 11) is 0. The highest BCUT2D eigenvalue weighted by Gasteiger charge is 2.38. The second kappa shape index (κ2) is 5.31. The first kappa shape index (κ1) is 13.0. The van der Waals surface area contributed by atoms with E-state index >= 15 is 0 Å². The molecule has 0 aromatic heterocycles. The molecule has 0 saturated heterocycles. The molecule has 0 spiro atoms. The smallest absolute Gasteiger partial charge is 0.0576 e. The molecule has 1 aliphatic carbocycles. The zero-order valence-corrected chi connectivity index (χ0v) is 10.6. The van der Waals surface area contributed by atoms with Crippen LogP contribution in [-0.4, -0.2) is 24.4 Å². The fraction of sp³-hybridized carbons (Fsp3) is 1.00. The van der Waals surface area contributed by atoms with Gasteiger partial charge in [-0.2, -0.15) is 0 Å². The fourth-order valence-electron chi connectivity index (χ4n) is 2.73. The quantitative estimate of drug-likeness (QED) is 0.779. The molecule has 0 bridgehead atoms. The summed E-state index contributed by atoms with van der Waals surface area (Å²) in [6.07, 6.45) is 3.21. The predicted molar refractivity (Wildman–Crippen MR) is 62.8 cm³/mol. The minimum Gasteiger partial charge on any atom is -0.393 e. The van der Waals surface area contributed by atoms with Crippen molar-refractivity contribution in [2.75, 3.05) is 13.2 Å². The summed E-state index contributed by atoms with van der Waals surface area (Å²) in [5.41, 5.74) is 0.107. The average Bonchev–Trinajstić information content (AvgIpc) is 2.14. The standard InChI is InChI=1S/C13H26O2/c1-5-15-9-13(3,4)11-7-6-10(2)8-12(11)14/h10-12,14H,5-9H2,1-4H3. The average molecular weight is 214 g/mol. The van der Waals surface area contributed by atoms with Gasteiger partial charge in [-0.15, -0.1) is 0 Å². The van der Waals surface area contributed by atoms with Crippen LogP contribution in [0.25, 0.3) is 0 Å². The summed E-state index contributed by atoms with van der Waals surface area (Å²) >= 11 is 0. The third-order valence-corrected chi connectivity index (χ3v) is 3.76. The number of aliphatic hydroxyl groups excluding tert-OH is 1. The summed E-state index contributed by atoms with van der Waals surface area (Å²) in [6, 6.07) is 0. The Morgan fingerprint density at radius 1 is 1.33 bits per heavy atom. The summed E-state index contributed by atoms with van der Waals surface area (Å²) < 4.78 is 5.52. The monoisotopic (exact) mass is 214 g/mol. The Morgan fingerprint density at radius 3 is 2.53 bits per heavy atom. The molecule has 2 nitrogen and oxygen atoms in total. The lowest BCUT2D eigenvalue weighted by Crippen LogP contribution is -2.41. The topological polar surface area (TPSA) is 29.5 Å². The van der Waals surface area contributed by atoms with Crippen molar-refractivity contribution in [2.45, 2.75) is 53.1 Å². The Bertz CT molecular complexity index is 189. The molecular formula is C13H26O2. The highest BCUT2D eigenvalue weighted by atomic mass is 16.5. The first-order valence-electron chi connectivity index (χ1n) is 6.23. The Balaban J connectivity index is 2.53. The van der Waals surface area contributed by atoms with E-state index in [1.54, 1.807) is 0 Å². The van der Waals surface area contributed by atoms with E-state index in [-0.39, 0.29) is 11.5 Å². The van der Waals surface area contributed by atoms with Crippen molar-refractivity contribution in [2.24, 2.45) is 17.3 Å². The van der Waals surface area contributed by atoms with Crippen LogP contribution < -0.4 is 0 Å². The van der Waals surface area contributed by atoms with E-state index in [1.807, 2.05) is 6.92 Å². The van der Waals surface area contributed by atoms with Gasteiger partial charge < -0.3 is 9.84 Å². The number of rotatable bonds is 4. The third kappa shape index (κ3) is 3.46. The Labute approximate surface area is 94.0 Å². The summed E-state index contributed by atoms with van der Waals surface area (Å²) in [4.78, 5) is 0. The SMILES string of the molecule is CCOCC(C)(C)C1CCC(C)CC1O. The molecule has 1 aliphatic rings. The van der Waals surface area contributed by atoms with Crippen LogP contribution in [0.1, 0.15) is 47.0 Å². The summed E-state index contributed by atoms with van der Waals surface area (Å²) in [5.74, 6) is 1.08. The van der Waals surface area contributed by atoms with Crippen molar-refractivity contribution in [3.8, 4) is 0 Å². The molecule has 1 rings (SSSR count). The molecule has 2 heteroatoms. The van der Waals surface area contributed by atoms with Gasteiger partial charge in [-0.05, 0) is 37.0 Å². The van der Waals surface area contributed by atoms with E-state index < -0.39 is 0 Å². The van der Waals surface area contributed by atoms with E-state index in [4.69, 9.17) is 4.74 Å². The number of ether oxygens (including phenoxy) is 1. The molecule has 0 aliphatic heterocycles. The van der Waals surface area contributed by atoms with Crippen LogP contribution >= 0.6 is 0 Å². The van der Waals surface area contributed by atoms with E-state index in [9.17, 15) is 5.11 Å². The number of hydrogen-bond donors (Lipinski definition) is 1. The van der Waals surface area contributed by atoms with Crippen molar-refractivity contribution in [1.82, 2.24) is 0 Å². The maximum atomic E-state index is 10.1. The second-order valence-corrected chi connectivity index (χ2v) is 5.72. The van der Waals surface area contributed by atoms with Crippen molar-refractivity contribution < 1.29 is 9.84 Å². The van der Waals surface area contributed by atoms with Gasteiger partial charge in [0.05, 0.1) is 12.7 Å². The lowest BCUT2D eigenvalue weighted by molar-refractivity contribution is -0.0503. The van der Waals surface area contributed by atoms with Crippen LogP contribution in [0.2, 0.25) is 0 Å². The second-order valence-electron chi connectivity index (χ2n) is 5.72. The highest BCUT2D eigenvalue weighted by molar-refractivity contribution is 4.88. The van der Waals surface area contributed by atoms with Gasteiger partial charge >= 0.3 is 0 Å². The van der Waals surface area contributed by atoms with Gasteiger partial charge in [0.25, 0.3) is 0 Å². The van der Waals surface area contributed by atoms with Crippen molar-refractivity contribution >= 4 is 0 Å². The Hall–Kier alpha value is -0.0800. The molecule has 1 saturated carbocycles. The van der Waals surface area contributed by atoms with E-state index in [0.29, 0.717) is 11.8 Å². The maximum Gasteiger partial charge on any atom is 0.0576 e. The molecule has 0 heterocycles. The summed E-state index contributed by atoms with van der Waals surface area (Å²) in [5, 5.41) is 10.1. The first-order valence-corrected chi connectivity index (χ1v) is 6.23. The molecule has 1 fully saturated rings. The van der Waals surface area contributed by atoms with Crippen LogP contribution in [0.4, 0.5) is 0 Å². The zero-order chi connectivity index (χ0) is 11.5. The molecule has 1 N–H and O–H groups in total. The largest absolute Gasteiger partial charge is 0.393 e.